The minimum absolute atomic E-state index is 0.0581. The van der Waals surface area contributed by atoms with E-state index in [1.807, 2.05) is 6.08 Å². The predicted octanol–water partition coefficient (Wildman–Crippen LogP) is 1.80. The molecule has 4 heteroatoms. The Labute approximate surface area is 114 Å². The van der Waals surface area contributed by atoms with Crippen molar-refractivity contribution in [3.63, 3.8) is 0 Å². The van der Waals surface area contributed by atoms with E-state index in [-0.39, 0.29) is 23.9 Å². The van der Waals surface area contributed by atoms with E-state index < -0.39 is 12.2 Å². The SMILES string of the molecule is CCCCC[C@H](O)/C=C/C1[C@H]2CC(=O)OC2C[C@H]1O. The molecule has 1 aliphatic heterocycles. The number of aliphatic hydroxyl groups is 2. The Hall–Kier alpha value is -0.870. The van der Waals surface area contributed by atoms with Crippen molar-refractivity contribution >= 4 is 5.97 Å². The number of fused-ring (bicyclic) bond motifs is 1. The number of unbranched alkanes of at least 4 members (excludes halogenated alkanes) is 2. The van der Waals surface area contributed by atoms with Gasteiger partial charge in [-0.1, -0.05) is 38.3 Å². The lowest BCUT2D eigenvalue weighted by Gasteiger charge is -2.15. The molecule has 2 rings (SSSR count). The van der Waals surface area contributed by atoms with E-state index >= 15 is 0 Å². The predicted molar refractivity (Wildman–Crippen MR) is 71.4 cm³/mol. The van der Waals surface area contributed by atoms with E-state index in [4.69, 9.17) is 4.74 Å². The molecule has 4 nitrogen and oxygen atoms in total. The van der Waals surface area contributed by atoms with Crippen molar-refractivity contribution in [2.75, 3.05) is 0 Å². The fraction of sp³-hybridized carbons (Fsp3) is 0.800. The molecule has 1 saturated heterocycles. The summed E-state index contributed by atoms with van der Waals surface area (Å²) in [6.45, 7) is 2.13. The summed E-state index contributed by atoms with van der Waals surface area (Å²) in [5.41, 5.74) is 0. The average molecular weight is 268 g/mol. The Morgan fingerprint density at radius 2 is 2.26 bits per heavy atom. The smallest absolute Gasteiger partial charge is 0.306 e. The molecule has 19 heavy (non-hydrogen) atoms. The molecule has 2 N–H and O–H groups in total. The Morgan fingerprint density at radius 3 is 3.00 bits per heavy atom. The van der Waals surface area contributed by atoms with E-state index in [0.29, 0.717) is 12.8 Å². The van der Waals surface area contributed by atoms with Crippen LogP contribution in [0.25, 0.3) is 0 Å². The molecule has 0 amide bonds. The fourth-order valence-corrected chi connectivity index (χ4v) is 3.14. The molecule has 0 aromatic heterocycles. The van der Waals surface area contributed by atoms with Crippen LogP contribution in [-0.4, -0.2) is 34.5 Å². The second-order valence-electron chi connectivity index (χ2n) is 5.72. The van der Waals surface area contributed by atoms with Crippen LogP contribution in [0.3, 0.4) is 0 Å². The van der Waals surface area contributed by atoms with E-state index in [2.05, 4.69) is 6.92 Å². The summed E-state index contributed by atoms with van der Waals surface area (Å²) in [6.07, 6.45) is 7.58. The van der Waals surface area contributed by atoms with Gasteiger partial charge >= 0.3 is 5.97 Å². The average Bonchev–Trinajstić information content (AvgIpc) is 2.82. The van der Waals surface area contributed by atoms with Gasteiger partial charge < -0.3 is 14.9 Å². The second kappa shape index (κ2) is 6.53. The minimum Gasteiger partial charge on any atom is -0.462 e. The Balaban J connectivity index is 1.85. The summed E-state index contributed by atoms with van der Waals surface area (Å²) >= 11 is 0. The monoisotopic (exact) mass is 268 g/mol. The van der Waals surface area contributed by atoms with Gasteiger partial charge in [-0.2, -0.15) is 0 Å². The van der Waals surface area contributed by atoms with Crippen molar-refractivity contribution in [3.8, 4) is 0 Å². The molecule has 108 valence electrons. The maximum absolute atomic E-state index is 11.2. The Kier molecular flexibility index (Phi) is 4.99. The van der Waals surface area contributed by atoms with Gasteiger partial charge in [-0.25, -0.2) is 0 Å². The largest absolute Gasteiger partial charge is 0.462 e. The van der Waals surface area contributed by atoms with Crippen LogP contribution >= 0.6 is 0 Å². The van der Waals surface area contributed by atoms with Gasteiger partial charge in [-0.3, -0.25) is 4.79 Å². The van der Waals surface area contributed by atoms with Crippen LogP contribution in [0.4, 0.5) is 0 Å². The number of ether oxygens (including phenoxy) is 1. The number of rotatable bonds is 6. The first-order valence-electron chi connectivity index (χ1n) is 7.35. The van der Waals surface area contributed by atoms with Gasteiger partial charge in [0.1, 0.15) is 6.10 Å². The maximum Gasteiger partial charge on any atom is 0.306 e. The van der Waals surface area contributed by atoms with Crippen molar-refractivity contribution in [1.82, 2.24) is 0 Å². The van der Waals surface area contributed by atoms with Crippen LogP contribution in [-0.2, 0) is 9.53 Å². The van der Waals surface area contributed by atoms with Crippen LogP contribution in [0.1, 0.15) is 45.4 Å². The summed E-state index contributed by atoms with van der Waals surface area (Å²) in [7, 11) is 0. The summed E-state index contributed by atoms with van der Waals surface area (Å²) in [5.74, 6) is -0.136. The van der Waals surface area contributed by atoms with Crippen LogP contribution in [0.5, 0.6) is 0 Å². The van der Waals surface area contributed by atoms with E-state index in [9.17, 15) is 15.0 Å². The van der Waals surface area contributed by atoms with Gasteiger partial charge in [0.25, 0.3) is 0 Å². The van der Waals surface area contributed by atoms with Gasteiger partial charge in [0.2, 0.25) is 0 Å². The van der Waals surface area contributed by atoms with Crippen molar-refractivity contribution in [2.24, 2.45) is 11.8 Å². The molecule has 5 atom stereocenters. The number of hydrogen-bond donors (Lipinski definition) is 2. The number of aliphatic hydroxyl groups excluding tert-OH is 2. The quantitative estimate of drug-likeness (QED) is 0.438. The molecule has 0 spiro atoms. The van der Waals surface area contributed by atoms with Crippen molar-refractivity contribution in [1.29, 1.82) is 0 Å². The highest BCUT2D eigenvalue weighted by Gasteiger charge is 2.48. The highest BCUT2D eigenvalue weighted by molar-refractivity contribution is 5.72. The third kappa shape index (κ3) is 3.57. The second-order valence-corrected chi connectivity index (χ2v) is 5.72. The van der Waals surface area contributed by atoms with Crippen molar-refractivity contribution in [3.05, 3.63) is 12.2 Å². The van der Waals surface area contributed by atoms with Crippen molar-refractivity contribution in [2.45, 2.75) is 63.8 Å². The summed E-state index contributed by atoms with van der Waals surface area (Å²) in [6, 6.07) is 0. The summed E-state index contributed by atoms with van der Waals surface area (Å²) < 4.78 is 5.18. The molecule has 0 aromatic carbocycles. The summed E-state index contributed by atoms with van der Waals surface area (Å²) in [5, 5.41) is 19.8. The number of hydrogen-bond acceptors (Lipinski definition) is 4. The zero-order valence-corrected chi connectivity index (χ0v) is 11.5. The molecule has 2 fully saturated rings. The first kappa shape index (κ1) is 14.5. The molecule has 1 heterocycles. The molecular formula is C15H24O4. The lowest BCUT2D eigenvalue weighted by atomic mass is 9.91. The minimum atomic E-state index is -0.456. The lowest BCUT2D eigenvalue weighted by Crippen LogP contribution is -2.18. The molecule has 1 aliphatic carbocycles. The third-order valence-corrected chi connectivity index (χ3v) is 4.23. The normalized spacial score (nSPS) is 35.6. The lowest BCUT2D eigenvalue weighted by molar-refractivity contribution is -0.141. The van der Waals surface area contributed by atoms with E-state index in [1.54, 1.807) is 6.08 Å². The topological polar surface area (TPSA) is 66.8 Å². The maximum atomic E-state index is 11.2. The van der Waals surface area contributed by atoms with Crippen LogP contribution in [0, 0.1) is 11.8 Å². The highest BCUT2D eigenvalue weighted by Crippen LogP contribution is 2.42. The standard InChI is InChI=1S/C15H24O4/c1-2-3-4-5-10(16)6-7-11-12-8-15(18)19-14(12)9-13(11)17/h6-7,10-14,16-17H,2-5,8-9H2,1H3/b7-6+/t10-,11?,12+,13+,14?/m0/s1. The number of esters is 1. The molecule has 0 radical (unpaired) electrons. The first-order valence-corrected chi connectivity index (χ1v) is 7.35. The van der Waals surface area contributed by atoms with Gasteiger partial charge in [-0.05, 0) is 6.42 Å². The Bertz CT molecular complexity index is 339. The van der Waals surface area contributed by atoms with Gasteiger partial charge in [0.15, 0.2) is 0 Å². The van der Waals surface area contributed by atoms with Crippen LogP contribution in [0.15, 0.2) is 12.2 Å². The van der Waals surface area contributed by atoms with Gasteiger partial charge in [-0.15, -0.1) is 0 Å². The van der Waals surface area contributed by atoms with E-state index in [0.717, 1.165) is 25.7 Å². The zero-order valence-electron chi connectivity index (χ0n) is 11.5. The van der Waals surface area contributed by atoms with Crippen molar-refractivity contribution < 1.29 is 19.7 Å². The van der Waals surface area contributed by atoms with E-state index in [1.165, 1.54) is 0 Å². The van der Waals surface area contributed by atoms with Crippen LogP contribution in [0.2, 0.25) is 0 Å². The molecule has 1 saturated carbocycles. The first-order chi connectivity index (χ1) is 9.11. The van der Waals surface area contributed by atoms with Gasteiger partial charge in [0, 0.05) is 18.3 Å². The molecule has 0 bridgehead atoms. The molecule has 2 unspecified atom stereocenters. The number of carbonyl (C=O) groups excluding carboxylic acids is 1. The molecule has 0 aromatic rings. The zero-order chi connectivity index (χ0) is 13.8. The third-order valence-electron chi connectivity index (χ3n) is 4.23. The van der Waals surface area contributed by atoms with Gasteiger partial charge in [0.05, 0.1) is 18.6 Å². The van der Waals surface area contributed by atoms with Crippen LogP contribution < -0.4 is 0 Å². The fourth-order valence-electron chi connectivity index (χ4n) is 3.14. The molecular weight excluding hydrogens is 244 g/mol. The molecule has 2 aliphatic rings. The highest BCUT2D eigenvalue weighted by atomic mass is 16.6. The summed E-state index contributed by atoms with van der Waals surface area (Å²) in [4.78, 5) is 11.2. The number of carbonyl (C=O) groups is 1. The Morgan fingerprint density at radius 1 is 1.47 bits per heavy atom.